The van der Waals surface area contributed by atoms with E-state index in [0.717, 1.165) is 30.5 Å². The van der Waals surface area contributed by atoms with Crippen LogP contribution in [0.25, 0.3) is 0 Å². The summed E-state index contributed by atoms with van der Waals surface area (Å²) >= 11 is 0. The molecule has 0 radical (unpaired) electrons. The maximum Gasteiger partial charge on any atom is 0.168 e. The third-order valence-corrected chi connectivity index (χ3v) is 5.06. The van der Waals surface area contributed by atoms with Gasteiger partial charge in [-0.15, -0.1) is 0 Å². The van der Waals surface area contributed by atoms with Crippen molar-refractivity contribution in [3.8, 4) is 11.5 Å². The number of rotatable bonds is 2. The molecule has 1 saturated heterocycles. The predicted molar refractivity (Wildman–Crippen MR) is 82.5 cm³/mol. The Balaban J connectivity index is 1.91. The predicted octanol–water partition coefficient (Wildman–Crippen LogP) is 1.74. The van der Waals surface area contributed by atoms with Gasteiger partial charge in [0.2, 0.25) is 0 Å². The summed E-state index contributed by atoms with van der Waals surface area (Å²) < 4.78 is 0. The molecule has 0 spiro atoms. The second kappa shape index (κ2) is 5.41. The van der Waals surface area contributed by atoms with E-state index in [9.17, 15) is 20.4 Å². The van der Waals surface area contributed by atoms with E-state index in [1.807, 2.05) is 0 Å². The molecule has 1 fully saturated rings. The normalized spacial score (nSPS) is 27.5. The van der Waals surface area contributed by atoms with Crippen LogP contribution >= 0.6 is 0 Å². The van der Waals surface area contributed by atoms with Crippen molar-refractivity contribution < 1.29 is 20.4 Å². The van der Waals surface area contributed by atoms with Crippen molar-refractivity contribution in [3.05, 3.63) is 23.3 Å². The molecular formula is C17H25NO4. The van der Waals surface area contributed by atoms with Gasteiger partial charge in [0.05, 0.1) is 0 Å². The van der Waals surface area contributed by atoms with Crippen molar-refractivity contribution in [2.24, 2.45) is 11.8 Å². The summed E-state index contributed by atoms with van der Waals surface area (Å²) in [6.07, 6.45) is 1.82. The van der Waals surface area contributed by atoms with E-state index >= 15 is 0 Å². The Hall–Kier alpha value is -1.30. The molecule has 0 aromatic heterocycles. The number of aromatic hydroxyl groups is 2. The summed E-state index contributed by atoms with van der Waals surface area (Å²) in [7, 11) is 0. The lowest BCUT2D eigenvalue weighted by Gasteiger charge is -2.49. The lowest BCUT2D eigenvalue weighted by Crippen LogP contribution is -2.55. The summed E-state index contributed by atoms with van der Waals surface area (Å²) in [4.78, 5) is 2.27. The number of fused-ring (bicyclic) bond motifs is 3. The molecule has 1 aromatic rings. The van der Waals surface area contributed by atoms with Crippen LogP contribution in [0.15, 0.2) is 12.1 Å². The lowest BCUT2D eigenvalue weighted by molar-refractivity contribution is -0.241. The monoisotopic (exact) mass is 307 g/mol. The Kier molecular flexibility index (Phi) is 3.83. The van der Waals surface area contributed by atoms with Crippen LogP contribution in [-0.2, 0) is 6.42 Å². The van der Waals surface area contributed by atoms with E-state index < -0.39 is 5.79 Å². The molecule has 2 heterocycles. The number of nitrogens with zero attached hydrogens (tertiary/aromatic N) is 1. The lowest BCUT2D eigenvalue weighted by atomic mass is 9.77. The summed E-state index contributed by atoms with van der Waals surface area (Å²) in [6, 6.07) is 3.05. The number of phenols is 2. The first-order valence-electron chi connectivity index (χ1n) is 8.01. The van der Waals surface area contributed by atoms with Crippen molar-refractivity contribution in [2.45, 2.75) is 44.9 Å². The zero-order chi connectivity index (χ0) is 16.1. The molecule has 2 atom stereocenters. The maximum atomic E-state index is 10.5. The molecule has 2 aliphatic heterocycles. The zero-order valence-corrected chi connectivity index (χ0v) is 13.2. The number of piperidine rings is 1. The highest BCUT2D eigenvalue weighted by Gasteiger charge is 2.46. The number of hydrogen-bond acceptors (Lipinski definition) is 5. The zero-order valence-electron chi connectivity index (χ0n) is 13.2. The molecular weight excluding hydrogens is 282 g/mol. The van der Waals surface area contributed by atoms with E-state index in [2.05, 4.69) is 18.7 Å². The summed E-state index contributed by atoms with van der Waals surface area (Å²) in [5, 5.41) is 40.4. The van der Waals surface area contributed by atoms with Gasteiger partial charge in [-0.1, -0.05) is 13.8 Å². The molecule has 0 aliphatic carbocycles. The third kappa shape index (κ3) is 2.69. The minimum Gasteiger partial charge on any atom is -0.504 e. The topological polar surface area (TPSA) is 84.2 Å². The van der Waals surface area contributed by atoms with Crippen LogP contribution in [0.1, 0.15) is 43.9 Å². The second-order valence-corrected chi connectivity index (χ2v) is 7.21. The van der Waals surface area contributed by atoms with Crippen molar-refractivity contribution in [1.82, 2.24) is 4.90 Å². The van der Waals surface area contributed by atoms with Gasteiger partial charge < -0.3 is 20.4 Å². The molecule has 22 heavy (non-hydrogen) atoms. The minimum absolute atomic E-state index is 0.111. The van der Waals surface area contributed by atoms with Crippen LogP contribution < -0.4 is 0 Å². The van der Waals surface area contributed by atoms with Gasteiger partial charge in [0.15, 0.2) is 17.3 Å². The van der Waals surface area contributed by atoms with Gasteiger partial charge in [-0.05, 0) is 42.0 Å². The Bertz CT molecular complexity index is 570. The highest BCUT2D eigenvalue weighted by Crippen LogP contribution is 2.45. The van der Waals surface area contributed by atoms with Crippen LogP contribution in [0.2, 0.25) is 0 Å². The van der Waals surface area contributed by atoms with E-state index in [0.29, 0.717) is 12.5 Å². The van der Waals surface area contributed by atoms with Gasteiger partial charge in [-0.2, -0.15) is 0 Å². The molecule has 3 rings (SSSR count). The van der Waals surface area contributed by atoms with E-state index in [4.69, 9.17) is 0 Å². The fourth-order valence-electron chi connectivity index (χ4n) is 3.95. The minimum atomic E-state index is -1.69. The Morgan fingerprint density at radius 3 is 2.59 bits per heavy atom. The summed E-state index contributed by atoms with van der Waals surface area (Å²) in [5.41, 5.74) is 1.88. The van der Waals surface area contributed by atoms with Crippen molar-refractivity contribution in [1.29, 1.82) is 0 Å². The molecule has 4 N–H and O–H groups in total. The third-order valence-electron chi connectivity index (χ3n) is 5.06. The van der Waals surface area contributed by atoms with Crippen LogP contribution in [0.4, 0.5) is 0 Å². The SMILES string of the molecule is CC(C)CC1CN2CCc3cc(O)c(O)cc3[C@H]2CC1(O)O. The van der Waals surface area contributed by atoms with Crippen molar-refractivity contribution in [2.75, 3.05) is 13.1 Å². The van der Waals surface area contributed by atoms with Crippen LogP contribution in [-0.4, -0.2) is 44.2 Å². The van der Waals surface area contributed by atoms with Crippen LogP contribution in [0.5, 0.6) is 11.5 Å². The molecule has 122 valence electrons. The van der Waals surface area contributed by atoms with Gasteiger partial charge in [0.25, 0.3) is 0 Å². The van der Waals surface area contributed by atoms with E-state index in [-0.39, 0.29) is 29.9 Å². The molecule has 1 aromatic carbocycles. The average molecular weight is 307 g/mol. The first kappa shape index (κ1) is 15.6. The smallest absolute Gasteiger partial charge is 0.168 e. The molecule has 0 bridgehead atoms. The van der Waals surface area contributed by atoms with Crippen LogP contribution in [0, 0.1) is 11.8 Å². The maximum absolute atomic E-state index is 10.5. The molecule has 2 aliphatic rings. The fraction of sp³-hybridized carbons (Fsp3) is 0.647. The van der Waals surface area contributed by atoms with E-state index in [1.165, 1.54) is 0 Å². The number of phenolic OH excluding ortho intramolecular Hbond substituents is 2. The fourth-order valence-corrected chi connectivity index (χ4v) is 3.95. The molecule has 5 nitrogen and oxygen atoms in total. The standard InChI is InChI=1S/C17H25NO4/c1-10(2)5-12-9-18-4-3-11-6-15(19)16(20)7-13(11)14(18)8-17(12,21)22/h6-7,10,12,14,19-22H,3-5,8-9H2,1-2H3/t12?,14-/m1/s1. The number of hydrogen-bond donors (Lipinski definition) is 4. The first-order chi connectivity index (χ1) is 10.3. The molecule has 5 heteroatoms. The van der Waals surface area contributed by atoms with E-state index in [1.54, 1.807) is 12.1 Å². The number of aliphatic hydroxyl groups is 2. The highest BCUT2D eigenvalue weighted by molar-refractivity contribution is 5.48. The van der Waals surface area contributed by atoms with Gasteiger partial charge in [0, 0.05) is 31.5 Å². The Morgan fingerprint density at radius 2 is 1.91 bits per heavy atom. The highest BCUT2D eigenvalue weighted by atomic mass is 16.5. The Morgan fingerprint density at radius 1 is 1.23 bits per heavy atom. The average Bonchev–Trinajstić information content (AvgIpc) is 2.41. The largest absolute Gasteiger partial charge is 0.504 e. The summed E-state index contributed by atoms with van der Waals surface area (Å²) in [6.45, 7) is 5.67. The Labute approximate surface area is 130 Å². The molecule has 1 unspecified atom stereocenters. The molecule has 0 amide bonds. The first-order valence-corrected chi connectivity index (χ1v) is 8.01. The number of benzene rings is 1. The second-order valence-electron chi connectivity index (χ2n) is 7.21. The van der Waals surface area contributed by atoms with Gasteiger partial charge in [-0.25, -0.2) is 0 Å². The van der Waals surface area contributed by atoms with Crippen LogP contribution in [0.3, 0.4) is 0 Å². The quantitative estimate of drug-likeness (QED) is 0.494. The molecule has 0 saturated carbocycles. The summed E-state index contributed by atoms with van der Waals surface area (Å²) in [5.74, 6) is -1.69. The van der Waals surface area contributed by atoms with Crippen molar-refractivity contribution >= 4 is 0 Å². The van der Waals surface area contributed by atoms with Crippen molar-refractivity contribution in [3.63, 3.8) is 0 Å². The van der Waals surface area contributed by atoms with Gasteiger partial charge >= 0.3 is 0 Å². The van der Waals surface area contributed by atoms with Gasteiger partial charge in [-0.3, -0.25) is 4.90 Å². The van der Waals surface area contributed by atoms with Gasteiger partial charge in [0.1, 0.15) is 0 Å².